The highest BCUT2D eigenvalue weighted by molar-refractivity contribution is 5.85. The number of benzene rings is 1. The van der Waals surface area contributed by atoms with Crippen molar-refractivity contribution in [3.63, 3.8) is 0 Å². The Kier molecular flexibility index (Phi) is 10.8. The fourth-order valence-corrected chi connectivity index (χ4v) is 3.78. The summed E-state index contributed by atoms with van der Waals surface area (Å²) in [6, 6.07) is 10.9. The number of carbonyl (C=O) groups excluding carboxylic acids is 1. The number of aryl methyl sites for hydroxylation is 1. The average Bonchev–Trinajstić information content (AvgIpc) is 2.61. The lowest BCUT2D eigenvalue weighted by molar-refractivity contribution is -0.123. The van der Waals surface area contributed by atoms with E-state index in [9.17, 15) is 4.79 Å². The van der Waals surface area contributed by atoms with E-state index < -0.39 is 0 Å². The van der Waals surface area contributed by atoms with Crippen molar-refractivity contribution in [2.45, 2.75) is 64.8 Å². The SMILES string of the molecule is CCCC(CCc1ccccc1)NC(=O)CC(C)C1CCNCC1.Cl. The molecule has 142 valence electrons. The Morgan fingerprint density at radius 1 is 1.20 bits per heavy atom. The van der Waals surface area contributed by atoms with Crippen LogP contribution in [-0.4, -0.2) is 25.0 Å². The van der Waals surface area contributed by atoms with Crippen LogP contribution in [0.15, 0.2) is 30.3 Å². The van der Waals surface area contributed by atoms with E-state index in [-0.39, 0.29) is 18.3 Å². The molecule has 1 heterocycles. The molecule has 0 aromatic heterocycles. The Morgan fingerprint density at radius 2 is 1.88 bits per heavy atom. The molecular weight excluding hydrogens is 332 g/mol. The van der Waals surface area contributed by atoms with E-state index in [0.29, 0.717) is 24.3 Å². The predicted molar refractivity (Wildman–Crippen MR) is 108 cm³/mol. The molecule has 3 nitrogen and oxygen atoms in total. The van der Waals surface area contributed by atoms with Gasteiger partial charge in [-0.05, 0) is 62.6 Å². The van der Waals surface area contributed by atoms with Gasteiger partial charge < -0.3 is 10.6 Å². The molecule has 1 fully saturated rings. The Hall–Kier alpha value is -1.06. The number of carbonyl (C=O) groups is 1. The van der Waals surface area contributed by atoms with Crippen LogP contribution in [0.2, 0.25) is 0 Å². The molecule has 4 heteroatoms. The molecule has 1 aromatic carbocycles. The number of hydrogen-bond donors (Lipinski definition) is 2. The third-order valence-corrected chi connectivity index (χ3v) is 5.32. The molecule has 1 aliphatic rings. The molecule has 0 saturated carbocycles. The Morgan fingerprint density at radius 3 is 2.52 bits per heavy atom. The first-order valence-electron chi connectivity index (χ1n) is 9.73. The van der Waals surface area contributed by atoms with Crippen LogP contribution in [-0.2, 0) is 11.2 Å². The molecule has 1 aromatic rings. The van der Waals surface area contributed by atoms with Crippen molar-refractivity contribution in [1.29, 1.82) is 0 Å². The van der Waals surface area contributed by atoms with Gasteiger partial charge in [0.05, 0.1) is 0 Å². The quantitative estimate of drug-likeness (QED) is 0.682. The van der Waals surface area contributed by atoms with E-state index in [4.69, 9.17) is 0 Å². The second-order valence-corrected chi connectivity index (χ2v) is 7.35. The second kappa shape index (κ2) is 12.3. The van der Waals surface area contributed by atoms with Crippen molar-refractivity contribution in [3.8, 4) is 0 Å². The molecule has 2 N–H and O–H groups in total. The van der Waals surface area contributed by atoms with E-state index >= 15 is 0 Å². The molecule has 0 radical (unpaired) electrons. The monoisotopic (exact) mass is 366 g/mol. The fourth-order valence-electron chi connectivity index (χ4n) is 3.78. The van der Waals surface area contributed by atoms with Crippen LogP contribution in [0.1, 0.15) is 57.9 Å². The zero-order chi connectivity index (χ0) is 17.2. The zero-order valence-corrected chi connectivity index (χ0v) is 16.6. The molecule has 2 atom stereocenters. The summed E-state index contributed by atoms with van der Waals surface area (Å²) in [6.45, 7) is 6.64. The molecule has 0 aliphatic carbocycles. The Balaban J connectivity index is 0.00000312. The smallest absolute Gasteiger partial charge is 0.220 e. The van der Waals surface area contributed by atoms with E-state index in [0.717, 1.165) is 38.8 Å². The highest BCUT2D eigenvalue weighted by Gasteiger charge is 2.22. The lowest BCUT2D eigenvalue weighted by atomic mass is 9.84. The highest BCUT2D eigenvalue weighted by Crippen LogP contribution is 2.24. The summed E-state index contributed by atoms with van der Waals surface area (Å²) in [5, 5.41) is 6.71. The minimum atomic E-state index is 0. The number of hydrogen-bond acceptors (Lipinski definition) is 2. The zero-order valence-electron chi connectivity index (χ0n) is 15.8. The van der Waals surface area contributed by atoms with Crippen LogP contribution in [0.4, 0.5) is 0 Å². The number of amides is 1. The van der Waals surface area contributed by atoms with Crippen molar-refractivity contribution < 1.29 is 4.79 Å². The maximum absolute atomic E-state index is 12.5. The summed E-state index contributed by atoms with van der Waals surface area (Å²) in [6.07, 6.45) is 7.35. The predicted octanol–water partition coefficient (Wildman–Crippen LogP) is 4.35. The lowest BCUT2D eigenvalue weighted by Gasteiger charge is -2.28. The van der Waals surface area contributed by atoms with Gasteiger partial charge in [-0.3, -0.25) is 4.79 Å². The average molecular weight is 367 g/mol. The summed E-state index contributed by atoms with van der Waals surface area (Å²) < 4.78 is 0. The first kappa shape index (κ1) is 22.0. The normalized spacial score (nSPS) is 17.4. The number of rotatable bonds is 9. The lowest BCUT2D eigenvalue weighted by Crippen LogP contribution is -2.38. The summed E-state index contributed by atoms with van der Waals surface area (Å²) in [7, 11) is 0. The van der Waals surface area contributed by atoms with Crippen molar-refractivity contribution in [2.75, 3.05) is 13.1 Å². The summed E-state index contributed by atoms with van der Waals surface area (Å²) in [5.74, 6) is 1.43. The standard InChI is InChI=1S/C21H34N2O.ClH/c1-3-7-20(11-10-18-8-5-4-6-9-18)23-21(24)16-17(2)19-12-14-22-15-13-19;/h4-6,8-9,17,19-20,22H,3,7,10-16H2,1-2H3,(H,23,24);1H. The maximum Gasteiger partial charge on any atom is 0.220 e. The Bertz CT molecular complexity index is 474. The van der Waals surface area contributed by atoms with Gasteiger partial charge in [0.2, 0.25) is 5.91 Å². The van der Waals surface area contributed by atoms with Gasteiger partial charge in [0, 0.05) is 12.5 Å². The molecule has 1 amide bonds. The van der Waals surface area contributed by atoms with Crippen LogP contribution in [0.25, 0.3) is 0 Å². The number of piperidine rings is 1. The van der Waals surface area contributed by atoms with Crippen molar-refractivity contribution in [2.24, 2.45) is 11.8 Å². The van der Waals surface area contributed by atoms with Crippen LogP contribution >= 0.6 is 12.4 Å². The molecule has 1 saturated heterocycles. The number of halogens is 1. The molecule has 1 aliphatic heterocycles. The highest BCUT2D eigenvalue weighted by atomic mass is 35.5. The molecule has 0 spiro atoms. The minimum absolute atomic E-state index is 0. The van der Waals surface area contributed by atoms with Gasteiger partial charge in [-0.2, -0.15) is 0 Å². The molecule has 2 rings (SSSR count). The van der Waals surface area contributed by atoms with E-state index in [1.807, 2.05) is 0 Å². The van der Waals surface area contributed by atoms with Crippen LogP contribution in [0.5, 0.6) is 0 Å². The third-order valence-electron chi connectivity index (χ3n) is 5.32. The van der Waals surface area contributed by atoms with E-state index in [2.05, 4.69) is 54.8 Å². The molecule has 25 heavy (non-hydrogen) atoms. The van der Waals surface area contributed by atoms with Gasteiger partial charge in [0.15, 0.2) is 0 Å². The van der Waals surface area contributed by atoms with Crippen LogP contribution < -0.4 is 10.6 Å². The van der Waals surface area contributed by atoms with E-state index in [1.165, 1.54) is 18.4 Å². The first-order valence-corrected chi connectivity index (χ1v) is 9.73. The third kappa shape index (κ3) is 8.24. The molecule has 2 unspecified atom stereocenters. The van der Waals surface area contributed by atoms with Crippen LogP contribution in [0.3, 0.4) is 0 Å². The largest absolute Gasteiger partial charge is 0.353 e. The topological polar surface area (TPSA) is 41.1 Å². The van der Waals surface area contributed by atoms with Crippen molar-refractivity contribution >= 4 is 18.3 Å². The van der Waals surface area contributed by atoms with Gasteiger partial charge in [-0.1, -0.05) is 50.6 Å². The van der Waals surface area contributed by atoms with Crippen molar-refractivity contribution in [1.82, 2.24) is 10.6 Å². The van der Waals surface area contributed by atoms with E-state index in [1.54, 1.807) is 0 Å². The van der Waals surface area contributed by atoms with Gasteiger partial charge in [-0.25, -0.2) is 0 Å². The van der Waals surface area contributed by atoms with Gasteiger partial charge in [-0.15, -0.1) is 12.4 Å². The number of nitrogens with one attached hydrogen (secondary N) is 2. The van der Waals surface area contributed by atoms with Crippen LogP contribution in [0, 0.1) is 11.8 Å². The first-order chi connectivity index (χ1) is 11.7. The summed E-state index contributed by atoms with van der Waals surface area (Å²) >= 11 is 0. The van der Waals surface area contributed by atoms with Gasteiger partial charge in [0.25, 0.3) is 0 Å². The Labute approximate surface area is 159 Å². The maximum atomic E-state index is 12.5. The summed E-state index contributed by atoms with van der Waals surface area (Å²) in [4.78, 5) is 12.5. The van der Waals surface area contributed by atoms with Gasteiger partial charge in [0.1, 0.15) is 0 Å². The van der Waals surface area contributed by atoms with Gasteiger partial charge >= 0.3 is 0 Å². The summed E-state index contributed by atoms with van der Waals surface area (Å²) in [5.41, 5.74) is 1.36. The molecular formula is C21H35ClN2O. The minimum Gasteiger partial charge on any atom is -0.353 e. The second-order valence-electron chi connectivity index (χ2n) is 7.35. The fraction of sp³-hybridized carbons (Fsp3) is 0.667. The molecule has 0 bridgehead atoms. The van der Waals surface area contributed by atoms with Crippen molar-refractivity contribution in [3.05, 3.63) is 35.9 Å².